The van der Waals surface area contributed by atoms with E-state index in [-0.39, 0.29) is 46.0 Å². The molecule has 10 rings (SSSR count). The van der Waals surface area contributed by atoms with Gasteiger partial charge in [-0.05, 0) is 101 Å². The number of aromatic nitrogens is 10. The second kappa shape index (κ2) is 24.2. The van der Waals surface area contributed by atoms with Gasteiger partial charge in [0, 0.05) is 95.0 Å². The Hall–Kier alpha value is -7.98. The average molecular weight is 1150 g/mol. The maximum atomic E-state index is 12.7. The van der Waals surface area contributed by atoms with Crippen molar-refractivity contribution in [3.63, 3.8) is 0 Å². The minimum atomic E-state index is -4.79. The number of nitrogens with one attached hydrogen (secondary N) is 3. The summed E-state index contributed by atoms with van der Waals surface area (Å²) in [5, 5.41) is 33.5. The molecule has 420 valence electrons. The Morgan fingerprint density at radius 2 is 1.48 bits per heavy atom. The Kier molecular flexibility index (Phi) is 17.6. The number of halogens is 1. The van der Waals surface area contributed by atoms with E-state index in [2.05, 4.69) is 81.5 Å². The van der Waals surface area contributed by atoms with Crippen LogP contribution in [0, 0.1) is 43.6 Å². The fourth-order valence-corrected chi connectivity index (χ4v) is 11.7. The summed E-state index contributed by atoms with van der Waals surface area (Å²) in [6.07, 6.45) is 13.3. The molecule has 3 N–H and O–H groups in total. The van der Waals surface area contributed by atoms with Crippen molar-refractivity contribution >= 4 is 73.2 Å². The van der Waals surface area contributed by atoms with E-state index in [1.165, 1.54) is 24.4 Å². The minimum Gasteiger partial charge on any atom is -0.460 e. The molecule has 2 fully saturated rings. The van der Waals surface area contributed by atoms with Crippen LogP contribution in [0.2, 0.25) is 25.7 Å². The summed E-state index contributed by atoms with van der Waals surface area (Å²) in [6, 6.07) is 12.4. The molecule has 0 amide bonds. The van der Waals surface area contributed by atoms with Crippen molar-refractivity contribution in [1.29, 1.82) is 5.26 Å². The van der Waals surface area contributed by atoms with E-state index in [1.54, 1.807) is 26.2 Å². The number of nitriles is 1. The van der Waals surface area contributed by atoms with Crippen molar-refractivity contribution in [2.45, 2.75) is 127 Å². The number of aromatic amines is 1. The van der Waals surface area contributed by atoms with Crippen LogP contribution in [-0.4, -0.2) is 111 Å². The second-order valence-corrected chi connectivity index (χ2v) is 30.7. The quantitative estimate of drug-likeness (QED) is 0.0251. The Balaban J connectivity index is 0.000000175. The van der Waals surface area contributed by atoms with E-state index in [0.717, 1.165) is 76.8 Å². The molecule has 2 aliphatic carbocycles. The topological polar surface area (TPSA) is 306 Å². The maximum absolute atomic E-state index is 12.7. The normalized spacial score (nSPS) is 17.1. The minimum absolute atomic E-state index is 0.00131. The highest BCUT2D eigenvalue weighted by atomic mass is 32.3. The van der Waals surface area contributed by atoms with Gasteiger partial charge in [0.1, 0.15) is 23.6 Å². The van der Waals surface area contributed by atoms with E-state index in [4.69, 9.17) is 35.1 Å². The fourth-order valence-electron chi connectivity index (χ4n) is 8.92. The lowest BCUT2D eigenvalue weighted by Gasteiger charge is -2.37. The van der Waals surface area contributed by atoms with E-state index in [9.17, 15) is 25.5 Å². The van der Waals surface area contributed by atoms with E-state index >= 15 is 0 Å². The lowest BCUT2D eigenvalue weighted by atomic mass is 9.78. The van der Waals surface area contributed by atoms with Crippen molar-refractivity contribution in [3.05, 3.63) is 102 Å². The van der Waals surface area contributed by atoms with Gasteiger partial charge in [0.25, 0.3) is 11.8 Å². The molecule has 8 aromatic heterocycles. The Bertz CT molecular complexity index is 3830. The largest absolute Gasteiger partial charge is 0.460 e. The van der Waals surface area contributed by atoms with Gasteiger partial charge in [0.2, 0.25) is 11.8 Å². The van der Waals surface area contributed by atoms with Gasteiger partial charge in [0.15, 0.2) is 25.6 Å². The number of H-pyrrole nitrogens is 1. The smallest absolute Gasteiger partial charge is 0.348 e. The van der Waals surface area contributed by atoms with E-state index < -0.39 is 38.8 Å². The summed E-state index contributed by atoms with van der Waals surface area (Å²) in [4.78, 5) is 34.6. The molecule has 2 saturated carbocycles. The third kappa shape index (κ3) is 15.0. The van der Waals surface area contributed by atoms with Crippen LogP contribution in [0.15, 0.2) is 92.5 Å². The standard InChI is InChI=1S/C26H39N5O4Si.C21H19N7O3S.C6H3FN2O2S/c1-17-29-30-25(34-17)21-15-27-24-20(8-9-31(24)16-33-10-11-36(5,6)7)23(21)28-19-12-18(13-19)14-22(32)35-26(2,3)4;1-12-27-28-21(31-12)17-10-25-20-16(3-5-24-20)19(17)26-15-6-14(7-15)11-32(29,30)18-8-13(9-22)2-4-23-18;1-8-5-2-3-9-6(4-5)12(7,10)11/h8-9,15,18-19H,10-14,16H2,1-7H3,(H,27,28);2-5,8,10,14-15H,6-7,11H2,1H3,(H2,24,25,26);2-4H. The number of rotatable bonds is 17. The first-order valence-electron chi connectivity index (χ1n) is 25.6. The van der Waals surface area contributed by atoms with E-state index in [0.29, 0.717) is 61.0 Å². The van der Waals surface area contributed by atoms with Gasteiger partial charge in [-0.25, -0.2) is 33.2 Å². The molecule has 0 unspecified atom stereocenters. The molecular weight excluding hydrogens is 1090 g/mol. The van der Waals surface area contributed by atoms with Crippen LogP contribution in [0.5, 0.6) is 0 Å². The van der Waals surface area contributed by atoms with Gasteiger partial charge in [-0.15, -0.1) is 20.4 Å². The van der Waals surface area contributed by atoms with Gasteiger partial charge in [0.05, 0.1) is 46.5 Å². The second-order valence-electron chi connectivity index (χ2n) is 21.8. The number of aryl methyl sites for hydroxylation is 2. The Labute approximate surface area is 463 Å². The number of anilines is 2. The molecule has 8 heterocycles. The lowest BCUT2D eigenvalue weighted by Crippen LogP contribution is -2.39. The summed E-state index contributed by atoms with van der Waals surface area (Å²) in [6.45, 7) is 24.0. The summed E-state index contributed by atoms with van der Waals surface area (Å²) < 4.78 is 83.0. The first-order valence-corrected chi connectivity index (χ1v) is 32.3. The van der Waals surface area contributed by atoms with Gasteiger partial charge in [-0.1, -0.05) is 23.5 Å². The predicted octanol–water partition coefficient (Wildman–Crippen LogP) is 9.77. The first-order chi connectivity index (χ1) is 37.8. The zero-order chi connectivity index (χ0) is 57.6. The molecule has 80 heavy (non-hydrogen) atoms. The number of carbonyl (C=O) groups is 1. The zero-order valence-corrected chi connectivity index (χ0v) is 48.0. The number of nitrogens with zero attached hydrogens (tertiary/aromatic N) is 11. The summed E-state index contributed by atoms with van der Waals surface area (Å²) in [7, 11) is -9.49. The molecule has 8 aromatic rings. The highest BCUT2D eigenvalue weighted by molar-refractivity contribution is 7.91. The van der Waals surface area contributed by atoms with Gasteiger partial charge >= 0.3 is 16.2 Å². The van der Waals surface area contributed by atoms with Crippen LogP contribution in [0.4, 0.5) is 20.9 Å². The van der Waals surface area contributed by atoms with Crippen molar-refractivity contribution in [3.8, 4) is 29.0 Å². The average Bonchev–Trinajstić information content (AvgIpc) is 4.22. The molecule has 23 nitrogen and oxygen atoms in total. The Morgan fingerprint density at radius 1 is 0.863 bits per heavy atom. The molecule has 0 aromatic carbocycles. The zero-order valence-electron chi connectivity index (χ0n) is 45.4. The highest BCUT2D eigenvalue weighted by Crippen LogP contribution is 2.41. The first kappa shape index (κ1) is 58.2. The highest BCUT2D eigenvalue weighted by Gasteiger charge is 2.36. The van der Waals surface area contributed by atoms with Gasteiger partial charge < -0.3 is 38.5 Å². The fraction of sp³-hybridized carbons (Fsp3) is 0.415. The number of carbonyl (C=O) groups excluding carboxylic acids is 1. The van der Waals surface area contributed by atoms with Crippen LogP contribution >= 0.6 is 0 Å². The van der Waals surface area contributed by atoms with Crippen molar-refractivity contribution in [2.24, 2.45) is 11.8 Å². The van der Waals surface area contributed by atoms with E-state index in [1.807, 2.05) is 49.9 Å². The number of ether oxygens (including phenoxy) is 2. The monoisotopic (exact) mass is 1150 g/mol. The van der Waals surface area contributed by atoms with Crippen LogP contribution in [-0.2, 0) is 41.1 Å². The number of esters is 1. The molecular formula is C53H61FN14O9S2Si. The summed E-state index contributed by atoms with van der Waals surface area (Å²) >= 11 is 0. The SMILES string of the molecule is Cc1nnc(-c2cnc3[nH]ccc3c2NC2CC(CS(=O)(=O)c3cc(C#N)ccn3)C2)o1.Cc1nnc(-c2cnc3c(ccn3COCC[Si](C)(C)C)c2NC2CC(CC(=O)OC(C)(C)C)C2)o1.[C-]#[N+]c1ccnc(S(=O)(=O)F)c1. The summed E-state index contributed by atoms with van der Waals surface area (Å²) in [5.74, 6) is 1.96. The molecule has 2 aliphatic rings. The van der Waals surface area contributed by atoms with Crippen molar-refractivity contribution in [2.75, 3.05) is 23.0 Å². The number of fused-ring (bicyclic) bond motifs is 2. The molecule has 27 heteroatoms. The molecule has 0 atom stereocenters. The van der Waals surface area contributed by atoms with Gasteiger partial charge in [-0.3, -0.25) is 4.79 Å². The van der Waals surface area contributed by atoms with Crippen LogP contribution in [0.25, 0.3) is 49.8 Å². The van der Waals surface area contributed by atoms with Crippen LogP contribution < -0.4 is 10.6 Å². The number of hydrogen-bond donors (Lipinski definition) is 3. The molecule has 0 radical (unpaired) electrons. The predicted molar refractivity (Wildman–Crippen MR) is 297 cm³/mol. The van der Waals surface area contributed by atoms with Crippen molar-refractivity contribution < 1.29 is 43.8 Å². The number of sulfone groups is 1. The molecule has 0 aliphatic heterocycles. The number of hydrogen-bond acceptors (Lipinski definition) is 20. The molecule has 0 bridgehead atoms. The third-order valence-electron chi connectivity index (χ3n) is 12.9. The maximum Gasteiger partial charge on any atom is 0.348 e. The molecule has 0 saturated heterocycles. The third-order valence-corrected chi connectivity index (χ3v) is 17.1. The van der Waals surface area contributed by atoms with Crippen molar-refractivity contribution in [1.82, 2.24) is 49.9 Å². The number of pyridine rings is 4. The Morgan fingerprint density at radius 3 is 2.06 bits per heavy atom. The molecule has 0 spiro atoms. The van der Waals surface area contributed by atoms with Crippen LogP contribution in [0.3, 0.4) is 0 Å². The summed E-state index contributed by atoms with van der Waals surface area (Å²) in [5.41, 5.74) is 4.67. The van der Waals surface area contributed by atoms with Crippen LogP contribution in [0.1, 0.15) is 70.2 Å². The van der Waals surface area contributed by atoms with Gasteiger partial charge in [-0.2, -0.15) is 13.7 Å². The lowest BCUT2D eigenvalue weighted by molar-refractivity contribution is -0.156.